The zero-order valence-corrected chi connectivity index (χ0v) is 8.77. The van der Waals surface area contributed by atoms with Crippen LogP contribution in [0.4, 0.5) is 0 Å². The van der Waals surface area contributed by atoms with Crippen LogP contribution in [-0.4, -0.2) is 19.6 Å². The molecule has 0 aliphatic heterocycles. The molecule has 0 unspecified atom stereocenters. The van der Waals surface area contributed by atoms with Crippen LogP contribution in [0.5, 0.6) is 0 Å². The molecule has 80 valence electrons. The van der Waals surface area contributed by atoms with Crippen LogP contribution in [0.2, 0.25) is 0 Å². The summed E-state index contributed by atoms with van der Waals surface area (Å²) in [6.07, 6.45) is 3.20. The fourth-order valence-electron chi connectivity index (χ4n) is 0.973. The van der Waals surface area contributed by atoms with Crippen LogP contribution in [0.25, 0.3) is 6.08 Å². The second kappa shape index (κ2) is 4.22. The van der Waals surface area contributed by atoms with Gasteiger partial charge in [0.15, 0.2) is 9.84 Å². The summed E-state index contributed by atoms with van der Waals surface area (Å²) in [5.74, 6) is 0. The summed E-state index contributed by atoms with van der Waals surface area (Å²) < 4.78 is 22.2. The van der Waals surface area contributed by atoms with E-state index < -0.39 is 14.8 Å². The Kier molecular flexibility index (Phi) is 3.21. The van der Waals surface area contributed by atoms with Crippen molar-refractivity contribution in [2.45, 2.75) is 4.90 Å². The molecule has 0 fully saturated rings. The van der Waals surface area contributed by atoms with Gasteiger partial charge in [0.2, 0.25) is 6.20 Å². The molecule has 0 heterocycles. The van der Waals surface area contributed by atoms with Gasteiger partial charge in [0.1, 0.15) is 0 Å². The lowest BCUT2D eigenvalue weighted by Crippen LogP contribution is -1.96. The molecule has 1 aromatic rings. The van der Waals surface area contributed by atoms with Crippen molar-refractivity contribution in [2.75, 3.05) is 6.26 Å². The van der Waals surface area contributed by atoms with E-state index in [0.29, 0.717) is 5.56 Å². The van der Waals surface area contributed by atoms with Gasteiger partial charge in [-0.1, -0.05) is 12.1 Å². The number of hydrogen-bond acceptors (Lipinski definition) is 4. The zero-order chi connectivity index (χ0) is 11.5. The summed E-state index contributed by atoms with van der Waals surface area (Å²) in [4.78, 5) is 9.64. The van der Waals surface area contributed by atoms with E-state index in [-0.39, 0.29) is 4.90 Å². The minimum Gasteiger partial charge on any atom is -0.259 e. The van der Waals surface area contributed by atoms with E-state index in [1.54, 1.807) is 0 Å². The van der Waals surface area contributed by atoms with Gasteiger partial charge >= 0.3 is 0 Å². The summed E-state index contributed by atoms with van der Waals surface area (Å²) in [6.45, 7) is 0. The van der Waals surface area contributed by atoms with Gasteiger partial charge in [-0.3, -0.25) is 10.1 Å². The maximum absolute atomic E-state index is 11.1. The Morgan fingerprint density at radius 1 is 1.27 bits per heavy atom. The van der Waals surface area contributed by atoms with Gasteiger partial charge in [-0.25, -0.2) is 8.42 Å². The van der Waals surface area contributed by atoms with Gasteiger partial charge in [0.05, 0.1) is 9.82 Å². The summed E-state index contributed by atoms with van der Waals surface area (Å²) in [6, 6.07) is 5.84. The van der Waals surface area contributed by atoms with Crippen LogP contribution >= 0.6 is 0 Å². The van der Waals surface area contributed by atoms with E-state index in [2.05, 4.69) is 0 Å². The summed E-state index contributed by atoms with van der Waals surface area (Å²) in [5.41, 5.74) is 0.583. The third-order valence-corrected chi connectivity index (χ3v) is 2.83. The number of nitrogens with zero attached hydrogens (tertiary/aromatic N) is 1. The van der Waals surface area contributed by atoms with Gasteiger partial charge in [-0.15, -0.1) is 0 Å². The zero-order valence-electron chi connectivity index (χ0n) is 7.95. The van der Waals surface area contributed by atoms with Gasteiger partial charge in [0, 0.05) is 12.3 Å². The van der Waals surface area contributed by atoms with Crippen LogP contribution in [0.3, 0.4) is 0 Å². The predicted molar refractivity (Wildman–Crippen MR) is 55.6 cm³/mol. The first-order chi connectivity index (χ1) is 6.89. The van der Waals surface area contributed by atoms with E-state index in [1.165, 1.54) is 30.3 Å². The average Bonchev–Trinajstić information content (AvgIpc) is 2.14. The minimum absolute atomic E-state index is 0.195. The van der Waals surface area contributed by atoms with Gasteiger partial charge in [0.25, 0.3) is 0 Å². The second-order valence-electron chi connectivity index (χ2n) is 2.94. The molecule has 0 saturated heterocycles. The van der Waals surface area contributed by atoms with Crippen LogP contribution in [0.15, 0.2) is 35.4 Å². The third kappa shape index (κ3) is 3.51. The molecule has 5 nitrogen and oxygen atoms in total. The Balaban J connectivity index is 2.96. The molecule has 0 saturated carbocycles. The average molecular weight is 227 g/mol. The Labute approximate surface area is 87.1 Å². The monoisotopic (exact) mass is 227 g/mol. The highest BCUT2D eigenvalue weighted by Gasteiger charge is 2.05. The topological polar surface area (TPSA) is 77.3 Å². The highest BCUT2D eigenvalue weighted by atomic mass is 32.2. The SMILES string of the molecule is CS(=O)(=O)c1ccc(/C=C/[N+](=O)[O-])cc1. The normalized spacial score (nSPS) is 11.8. The van der Waals surface area contributed by atoms with Crippen molar-refractivity contribution in [3.05, 3.63) is 46.1 Å². The first-order valence-corrected chi connectivity index (χ1v) is 5.90. The molecule has 0 spiro atoms. The molecule has 0 radical (unpaired) electrons. The Morgan fingerprint density at radius 3 is 2.20 bits per heavy atom. The molecule has 0 amide bonds. The summed E-state index contributed by atoms with van der Waals surface area (Å²) in [5, 5.41) is 10.0. The third-order valence-electron chi connectivity index (χ3n) is 1.70. The standard InChI is InChI=1S/C9H9NO4S/c1-15(13,14)9-4-2-8(3-5-9)6-7-10(11)12/h2-7H,1H3/b7-6+. The number of benzene rings is 1. The lowest BCUT2D eigenvalue weighted by atomic mass is 10.2. The lowest BCUT2D eigenvalue weighted by Gasteiger charge is -1.97. The van der Waals surface area contributed by atoms with E-state index in [4.69, 9.17) is 0 Å². The second-order valence-corrected chi connectivity index (χ2v) is 4.96. The Bertz CT molecular complexity index is 487. The first-order valence-electron chi connectivity index (χ1n) is 4.01. The molecule has 0 aromatic heterocycles. The van der Waals surface area contributed by atoms with Crippen molar-refractivity contribution in [3.63, 3.8) is 0 Å². The van der Waals surface area contributed by atoms with Crippen molar-refractivity contribution in [1.82, 2.24) is 0 Å². The van der Waals surface area contributed by atoms with Gasteiger partial charge in [-0.2, -0.15) is 0 Å². The minimum atomic E-state index is -3.21. The molecule has 0 N–H and O–H groups in total. The fourth-order valence-corrected chi connectivity index (χ4v) is 1.60. The van der Waals surface area contributed by atoms with Crippen molar-refractivity contribution in [2.24, 2.45) is 0 Å². The lowest BCUT2D eigenvalue weighted by molar-refractivity contribution is -0.400. The molecule has 15 heavy (non-hydrogen) atoms. The molecule has 0 bridgehead atoms. The maximum atomic E-state index is 11.1. The first kappa shape index (κ1) is 11.4. The van der Waals surface area contributed by atoms with Crippen molar-refractivity contribution >= 4 is 15.9 Å². The van der Waals surface area contributed by atoms with Gasteiger partial charge < -0.3 is 0 Å². The molecule has 0 atom stereocenters. The largest absolute Gasteiger partial charge is 0.259 e. The number of nitro groups is 1. The number of rotatable bonds is 3. The van der Waals surface area contributed by atoms with Gasteiger partial charge in [-0.05, 0) is 17.7 Å². The summed E-state index contributed by atoms with van der Waals surface area (Å²) >= 11 is 0. The molecule has 6 heteroatoms. The van der Waals surface area contributed by atoms with E-state index >= 15 is 0 Å². The Hall–Kier alpha value is -1.69. The molecule has 0 aliphatic carbocycles. The highest BCUT2D eigenvalue weighted by molar-refractivity contribution is 7.90. The smallest absolute Gasteiger partial charge is 0.235 e. The van der Waals surface area contributed by atoms with Crippen LogP contribution in [-0.2, 0) is 9.84 Å². The van der Waals surface area contributed by atoms with Crippen LogP contribution < -0.4 is 0 Å². The van der Waals surface area contributed by atoms with E-state index in [0.717, 1.165) is 12.5 Å². The highest BCUT2D eigenvalue weighted by Crippen LogP contribution is 2.11. The fraction of sp³-hybridized carbons (Fsp3) is 0.111. The van der Waals surface area contributed by atoms with Crippen molar-refractivity contribution in [1.29, 1.82) is 0 Å². The predicted octanol–water partition coefficient (Wildman–Crippen LogP) is 1.34. The van der Waals surface area contributed by atoms with Crippen LogP contribution in [0.1, 0.15) is 5.56 Å². The maximum Gasteiger partial charge on any atom is 0.235 e. The number of sulfone groups is 1. The van der Waals surface area contributed by atoms with Crippen molar-refractivity contribution < 1.29 is 13.3 Å². The Morgan fingerprint density at radius 2 is 1.80 bits per heavy atom. The number of hydrogen-bond donors (Lipinski definition) is 0. The van der Waals surface area contributed by atoms with E-state index in [9.17, 15) is 18.5 Å². The molecule has 1 rings (SSSR count). The molecular formula is C9H9NO4S. The van der Waals surface area contributed by atoms with Crippen molar-refractivity contribution in [3.8, 4) is 0 Å². The van der Waals surface area contributed by atoms with Crippen LogP contribution in [0, 0.1) is 10.1 Å². The summed E-state index contributed by atoms with van der Waals surface area (Å²) in [7, 11) is -3.21. The quantitative estimate of drug-likeness (QED) is 0.576. The molecular weight excluding hydrogens is 218 g/mol. The molecule has 1 aromatic carbocycles. The van der Waals surface area contributed by atoms with E-state index in [1.807, 2.05) is 0 Å². The molecule has 0 aliphatic rings.